The van der Waals surface area contributed by atoms with Gasteiger partial charge in [0.25, 0.3) is 0 Å². The van der Waals surface area contributed by atoms with Crippen LogP contribution in [0.25, 0.3) is 0 Å². The minimum atomic E-state index is 0.685. The summed E-state index contributed by atoms with van der Waals surface area (Å²) in [6.07, 6.45) is 10.8. The Labute approximate surface area is 191 Å². The molecule has 2 aromatic rings. The number of fused-ring (bicyclic) bond motifs is 1. The highest BCUT2D eigenvalue weighted by Gasteiger charge is 2.19. The molecule has 0 bridgehead atoms. The van der Waals surface area contributed by atoms with Gasteiger partial charge in [-0.3, -0.25) is 0 Å². The van der Waals surface area contributed by atoms with E-state index in [0.717, 1.165) is 23.9 Å². The van der Waals surface area contributed by atoms with Gasteiger partial charge in [0.15, 0.2) is 11.5 Å². The zero-order valence-electron chi connectivity index (χ0n) is 19.8. The van der Waals surface area contributed by atoms with E-state index in [1.54, 1.807) is 11.3 Å². The van der Waals surface area contributed by atoms with Gasteiger partial charge in [0, 0.05) is 25.1 Å². The van der Waals surface area contributed by atoms with Crippen LogP contribution in [0.5, 0.6) is 17.2 Å². The lowest BCUT2D eigenvalue weighted by Gasteiger charge is -2.15. The molecule has 0 saturated heterocycles. The molecule has 0 unspecified atom stereocenters. The van der Waals surface area contributed by atoms with Crippen molar-refractivity contribution in [1.82, 2.24) is 0 Å². The molecular weight excluding hydrogens is 412 g/mol. The van der Waals surface area contributed by atoms with Crippen LogP contribution in [0.1, 0.15) is 83.4 Å². The van der Waals surface area contributed by atoms with Crippen molar-refractivity contribution in [3.8, 4) is 17.2 Å². The first-order chi connectivity index (χ1) is 14.5. The SMILES string of the molecule is CCCCCCCCCCOc1c(C)sc(C)c1C.Cc1sc(C)c2c1OCCO2. The van der Waals surface area contributed by atoms with E-state index in [4.69, 9.17) is 14.2 Å². The highest BCUT2D eigenvalue weighted by Crippen LogP contribution is 2.42. The molecule has 3 rings (SSSR count). The van der Waals surface area contributed by atoms with E-state index >= 15 is 0 Å². The Bertz CT molecular complexity index is 735. The maximum atomic E-state index is 5.94. The molecule has 0 atom stereocenters. The van der Waals surface area contributed by atoms with Crippen molar-refractivity contribution in [1.29, 1.82) is 0 Å². The highest BCUT2D eigenvalue weighted by atomic mass is 32.1. The molecule has 0 spiro atoms. The molecule has 30 heavy (non-hydrogen) atoms. The summed E-state index contributed by atoms with van der Waals surface area (Å²) >= 11 is 3.59. The lowest BCUT2D eigenvalue weighted by Crippen LogP contribution is -2.14. The Morgan fingerprint density at radius 2 is 1.17 bits per heavy atom. The lowest BCUT2D eigenvalue weighted by atomic mass is 10.1. The van der Waals surface area contributed by atoms with Crippen LogP contribution in [-0.2, 0) is 0 Å². The molecule has 2 aromatic heterocycles. The van der Waals surface area contributed by atoms with Crippen molar-refractivity contribution >= 4 is 22.7 Å². The number of aryl methyl sites for hydroxylation is 4. The summed E-state index contributed by atoms with van der Waals surface area (Å²) in [6, 6.07) is 0. The lowest BCUT2D eigenvalue weighted by molar-refractivity contribution is 0.171. The molecule has 3 heterocycles. The summed E-state index contributed by atoms with van der Waals surface area (Å²) in [5, 5.41) is 0. The predicted octanol–water partition coefficient (Wildman–Crippen LogP) is 8.33. The summed E-state index contributed by atoms with van der Waals surface area (Å²) < 4.78 is 16.9. The van der Waals surface area contributed by atoms with Gasteiger partial charge in [0.1, 0.15) is 19.0 Å². The zero-order valence-corrected chi connectivity index (χ0v) is 21.5. The number of rotatable bonds is 10. The smallest absolute Gasteiger partial charge is 0.175 e. The van der Waals surface area contributed by atoms with Crippen molar-refractivity contribution in [3.05, 3.63) is 25.1 Å². The van der Waals surface area contributed by atoms with Gasteiger partial charge in [0.2, 0.25) is 0 Å². The fourth-order valence-corrected chi connectivity index (χ4v) is 5.62. The largest absolute Gasteiger partial charge is 0.492 e. The molecule has 170 valence electrons. The van der Waals surface area contributed by atoms with Crippen LogP contribution < -0.4 is 14.2 Å². The van der Waals surface area contributed by atoms with Gasteiger partial charge in [-0.15, -0.1) is 22.7 Å². The molecule has 0 aromatic carbocycles. The second-order valence-electron chi connectivity index (χ2n) is 8.06. The predicted molar refractivity (Wildman–Crippen MR) is 131 cm³/mol. The van der Waals surface area contributed by atoms with Crippen LogP contribution >= 0.6 is 22.7 Å². The quantitative estimate of drug-likeness (QED) is 0.339. The van der Waals surface area contributed by atoms with E-state index in [9.17, 15) is 0 Å². The van der Waals surface area contributed by atoms with E-state index in [1.807, 2.05) is 11.3 Å². The summed E-state index contributed by atoms with van der Waals surface area (Å²) in [6.45, 7) is 15.1. The molecule has 0 N–H and O–H groups in total. The topological polar surface area (TPSA) is 27.7 Å². The first-order valence-electron chi connectivity index (χ1n) is 11.5. The number of ether oxygens (including phenoxy) is 3. The molecule has 0 radical (unpaired) electrons. The Hall–Kier alpha value is -1.20. The Morgan fingerprint density at radius 1 is 0.667 bits per heavy atom. The maximum absolute atomic E-state index is 5.94. The Morgan fingerprint density at radius 3 is 1.67 bits per heavy atom. The van der Waals surface area contributed by atoms with Crippen LogP contribution in [0, 0.1) is 34.6 Å². The number of unbranched alkanes of at least 4 members (excludes halogenated alkanes) is 7. The zero-order chi connectivity index (χ0) is 21.9. The van der Waals surface area contributed by atoms with Crippen molar-refractivity contribution in [2.75, 3.05) is 19.8 Å². The molecular formula is C25H40O3S2. The van der Waals surface area contributed by atoms with Gasteiger partial charge < -0.3 is 14.2 Å². The molecule has 3 nitrogen and oxygen atoms in total. The summed E-state index contributed by atoms with van der Waals surface area (Å²) in [4.78, 5) is 5.16. The minimum Gasteiger partial charge on any atom is -0.492 e. The van der Waals surface area contributed by atoms with Crippen LogP contribution in [0.2, 0.25) is 0 Å². The van der Waals surface area contributed by atoms with Crippen molar-refractivity contribution in [2.45, 2.75) is 92.9 Å². The maximum Gasteiger partial charge on any atom is 0.175 e. The van der Waals surface area contributed by atoms with Gasteiger partial charge in [0.05, 0.1) is 6.61 Å². The third-order valence-corrected chi connectivity index (χ3v) is 7.55. The fourth-order valence-electron chi connectivity index (χ4n) is 3.66. The summed E-state index contributed by atoms with van der Waals surface area (Å²) in [5.74, 6) is 3.06. The molecule has 0 amide bonds. The van der Waals surface area contributed by atoms with Crippen molar-refractivity contribution in [3.63, 3.8) is 0 Å². The Kier molecular flexibility index (Phi) is 11.1. The number of hydrogen-bond acceptors (Lipinski definition) is 5. The fraction of sp³-hybridized carbons (Fsp3) is 0.680. The van der Waals surface area contributed by atoms with Gasteiger partial charge in [-0.1, -0.05) is 51.9 Å². The second kappa shape index (κ2) is 13.3. The van der Waals surface area contributed by atoms with Gasteiger partial charge in [-0.05, 0) is 41.0 Å². The summed E-state index contributed by atoms with van der Waals surface area (Å²) in [5.41, 5.74) is 1.34. The third-order valence-electron chi connectivity index (χ3n) is 5.47. The van der Waals surface area contributed by atoms with Gasteiger partial charge >= 0.3 is 0 Å². The molecule has 0 fully saturated rings. The van der Waals surface area contributed by atoms with Crippen LogP contribution in [0.3, 0.4) is 0 Å². The van der Waals surface area contributed by atoms with Crippen molar-refractivity contribution < 1.29 is 14.2 Å². The highest BCUT2D eigenvalue weighted by molar-refractivity contribution is 7.12. The van der Waals surface area contributed by atoms with E-state index in [2.05, 4.69) is 41.5 Å². The van der Waals surface area contributed by atoms with Gasteiger partial charge in [-0.25, -0.2) is 0 Å². The average Bonchev–Trinajstić information content (AvgIpc) is 3.16. The molecule has 1 aliphatic rings. The summed E-state index contributed by atoms with van der Waals surface area (Å²) in [7, 11) is 0. The molecule has 1 aliphatic heterocycles. The number of hydrogen-bond donors (Lipinski definition) is 0. The van der Waals surface area contributed by atoms with Crippen LogP contribution in [-0.4, -0.2) is 19.8 Å². The van der Waals surface area contributed by atoms with Gasteiger partial charge in [-0.2, -0.15) is 0 Å². The van der Waals surface area contributed by atoms with Crippen LogP contribution in [0.15, 0.2) is 0 Å². The first kappa shape index (κ1) is 25.1. The number of thiophene rings is 2. The molecule has 0 saturated carbocycles. The van der Waals surface area contributed by atoms with E-state index < -0.39 is 0 Å². The normalized spacial score (nSPS) is 12.5. The van der Waals surface area contributed by atoms with E-state index in [1.165, 1.54) is 76.4 Å². The third kappa shape index (κ3) is 7.49. The molecule has 5 heteroatoms. The van der Waals surface area contributed by atoms with Crippen molar-refractivity contribution in [2.24, 2.45) is 0 Å². The molecule has 0 aliphatic carbocycles. The monoisotopic (exact) mass is 452 g/mol. The first-order valence-corrected chi connectivity index (χ1v) is 13.1. The standard InChI is InChI=1S/C17H30OS.C8H10O2S/c1-5-6-7-8-9-10-11-12-13-18-17-14(2)15(3)19-16(17)4;1-5-7-8(6(2)11-5)10-4-3-9-7/h5-13H2,1-4H3;3-4H2,1-2H3. The van der Waals surface area contributed by atoms with E-state index in [-0.39, 0.29) is 0 Å². The van der Waals surface area contributed by atoms with E-state index in [0.29, 0.717) is 13.2 Å². The second-order valence-corrected chi connectivity index (χ2v) is 10.9. The minimum absolute atomic E-state index is 0.685. The Balaban J connectivity index is 0.000000244. The van der Waals surface area contributed by atoms with Crippen LogP contribution in [0.4, 0.5) is 0 Å². The average molecular weight is 453 g/mol.